The van der Waals surface area contributed by atoms with Gasteiger partial charge in [-0.25, -0.2) is 0 Å². The maximum atomic E-state index is 11.5. The third kappa shape index (κ3) is 1.55. The van der Waals surface area contributed by atoms with Gasteiger partial charge in [-0.1, -0.05) is 0 Å². The topological polar surface area (TPSA) is 53.8 Å². The number of hydrogen-bond donors (Lipinski definition) is 0. The Balaban J connectivity index is 2.95. The Kier molecular flexibility index (Phi) is 2.41. The summed E-state index contributed by atoms with van der Waals surface area (Å²) in [6, 6.07) is 7.46. The van der Waals surface area contributed by atoms with E-state index in [0.29, 0.717) is 16.6 Å². The fraction of sp³-hybridized carbons (Fsp3) is 0.154. The monoisotopic (exact) mass is 210 g/mol. The van der Waals surface area contributed by atoms with Gasteiger partial charge in [-0.15, -0.1) is 0 Å². The second-order valence-corrected chi connectivity index (χ2v) is 3.74. The van der Waals surface area contributed by atoms with Crippen LogP contribution in [0.15, 0.2) is 24.4 Å². The number of fused-ring (bicyclic) bond motifs is 1. The highest BCUT2D eigenvalue weighted by Crippen LogP contribution is 2.22. The van der Waals surface area contributed by atoms with E-state index in [1.54, 1.807) is 18.3 Å². The number of rotatable bonds is 1. The zero-order chi connectivity index (χ0) is 11.7. The average Bonchev–Trinajstić information content (AvgIpc) is 2.27. The highest BCUT2D eigenvalue weighted by molar-refractivity contribution is 6.06. The quantitative estimate of drug-likeness (QED) is 0.680. The molecule has 0 aliphatic rings. The van der Waals surface area contributed by atoms with Gasteiger partial charge in [-0.05, 0) is 37.6 Å². The molecule has 0 bridgehead atoms. The number of aromatic nitrogens is 1. The minimum absolute atomic E-state index is 0.0312. The molecule has 3 heteroatoms. The van der Waals surface area contributed by atoms with Gasteiger partial charge in [0.15, 0.2) is 5.78 Å². The van der Waals surface area contributed by atoms with Crippen LogP contribution in [0, 0.1) is 18.3 Å². The molecule has 0 spiro atoms. The van der Waals surface area contributed by atoms with Crippen LogP contribution < -0.4 is 0 Å². The summed E-state index contributed by atoms with van der Waals surface area (Å²) in [5.74, 6) is -0.0312. The van der Waals surface area contributed by atoms with Crippen molar-refractivity contribution < 1.29 is 4.79 Å². The molecule has 2 aromatic rings. The van der Waals surface area contributed by atoms with Crippen molar-refractivity contribution in [2.24, 2.45) is 0 Å². The molecule has 0 unspecified atom stereocenters. The first-order valence-electron chi connectivity index (χ1n) is 4.94. The van der Waals surface area contributed by atoms with Crippen molar-refractivity contribution in [3.05, 3.63) is 41.1 Å². The Morgan fingerprint density at radius 1 is 1.44 bits per heavy atom. The van der Waals surface area contributed by atoms with Gasteiger partial charge in [0.25, 0.3) is 0 Å². The van der Waals surface area contributed by atoms with Crippen LogP contribution in [0.1, 0.15) is 28.4 Å². The van der Waals surface area contributed by atoms with E-state index >= 15 is 0 Å². The van der Waals surface area contributed by atoms with Crippen molar-refractivity contribution in [1.29, 1.82) is 5.26 Å². The molecule has 3 nitrogen and oxygen atoms in total. The van der Waals surface area contributed by atoms with Gasteiger partial charge in [0.1, 0.15) is 0 Å². The van der Waals surface area contributed by atoms with Gasteiger partial charge >= 0.3 is 0 Å². The Hall–Kier alpha value is -2.21. The molecule has 0 fully saturated rings. The van der Waals surface area contributed by atoms with Crippen LogP contribution in [0.2, 0.25) is 0 Å². The highest BCUT2D eigenvalue weighted by atomic mass is 16.1. The molecule has 0 radical (unpaired) electrons. The van der Waals surface area contributed by atoms with E-state index in [9.17, 15) is 4.79 Å². The lowest BCUT2D eigenvalue weighted by atomic mass is 10.0. The Morgan fingerprint density at radius 3 is 2.81 bits per heavy atom. The van der Waals surface area contributed by atoms with Crippen molar-refractivity contribution in [2.45, 2.75) is 13.8 Å². The number of aryl methyl sites for hydroxylation is 1. The van der Waals surface area contributed by atoms with Crippen molar-refractivity contribution >= 4 is 16.7 Å². The predicted molar refractivity (Wildman–Crippen MR) is 61.2 cm³/mol. The zero-order valence-electron chi connectivity index (χ0n) is 9.11. The summed E-state index contributed by atoms with van der Waals surface area (Å²) < 4.78 is 0. The van der Waals surface area contributed by atoms with Gasteiger partial charge in [-0.2, -0.15) is 5.26 Å². The van der Waals surface area contributed by atoms with Crippen LogP contribution in [0.3, 0.4) is 0 Å². The second kappa shape index (κ2) is 3.74. The van der Waals surface area contributed by atoms with Crippen LogP contribution in [0.4, 0.5) is 0 Å². The SMILES string of the molecule is CC(=O)c1cc(C)cc2c(C#N)ccnc12. The van der Waals surface area contributed by atoms with E-state index in [4.69, 9.17) is 5.26 Å². The fourth-order valence-corrected chi connectivity index (χ4v) is 1.77. The summed E-state index contributed by atoms with van der Waals surface area (Å²) in [5.41, 5.74) is 2.70. The summed E-state index contributed by atoms with van der Waals surface area (Å²) in [7, 11) is 0. The van der Waals surface area contributed by atoms with E-state index in [1.807, 2.05) is 13.0 Å². The molecule has 0 saturated heterocycles. The highest BCUT2D eigenvalue weighted by Gasteiger charge is 2.10. The van der Waals surface area contributed by atoms with Gasteiger partial charge in [0.05, 0.1) is 17.1 Å². The third-order valence-corrected chi connectivity index (χ3v) is 2.49. The molecule has 0 saturated carbocycles. The van der Waals surface area contributed by atoms with Crippen molar-refractivity contribution in [3.8, 4) is 6.07 Å². The number of carbonyl (C=O) groups is 1. The van der Waals surface area contributed by atoms with Crippen LogP contribution in [0.5, 0.6) is 0 Å². The first kappa shape index (κ1) is 10.3. The van der Waals surface area contributed by atoms with Crippen molar-refractivity contribution in [2.75, 3.05) is 0 Å². The van der Waals surface area contributed by atoms with Crippen LogP contribution in [-0.4, -0.2) is 10.8 Å². The van der Waals surface area contributed by atoms with E-state index in [2.05, 4.69) is 11.1 Å². The standard InChI is InChI=1S/C13H10N2O/c1-8-5-11(9(2)16)13-12(6-8)10(7-14)3-4-15-13/h3-6H,1-2H3. The Morgan fingerprint density at radius 2 is 2.19 bits per heavy atom. The lowest BCUT2D eigenvalue weighted by Crippen LogP contribution is -1.97. The molecule has 0 aliphatic heterocycles. The molecule has 1 aromatic heterocycles. The maximum absolute atomic E-state index is 11.5. The smallest absolute Gasteiger partial charge is 0.162 e. The van der Waals surface area contributed by atoms with Gasteiger partial charge in [0.2, 0.25) is 0 Å². The lowest BCUT2D eigenvalue weighted by Gasteiger charge is -2.05. The number of hydrogen-bond acceptors (Lipinski definition) is 3. The van der Waals surface area contributed by atoms with E-state index in [1.165, 1.54) is 6.92 Å². The van der Waals surface area contributed by atoms with Crippen LogP contribution in [0.25, 0.3) is 10.9 Å². The minimum atomic E-state index is -0.0312. The maximum Gasteiger partial charge on any atom is 0.162 e. The second-order valence-electron chi connectivity index (χ2n) is 3.74. The molecule has 1 aromatic carbocycles. The van der Waals surface area contributed by atoms with Crippen molar-refractivity contribution in [1.82, 2.24) is 4.98 Å². The van der Waals surface area contributed by atoms with Crippen LogP contribution in [-0.2, 0) is 0 Å². The molecule has 0 atom stereocenters. The lowest BCUT2D eigenvalue weighted by molar-refractivity contribution is 0.101. The van der Waals surface area contributed by atoms with Crippen LogP contribution >= 0.6 is 0 Å². The number of nitriles is 1. The molecule has 78 valence electrons. The predicted octanol–water partition coefficient (Wildman–Crippen LogP) is 2.62. The summed E-state index contributed by atoms with van der Waals surface area (Å²) in [5, 5.41) is 9.74. The average molecular weight is 210 g/mol. The molecule has 1 heterocycles. The molecular weight excluding hydrogens is 200 g/mol. The first-order valence-corrected chi connectivity index (χ1v) is 4.94. The van der Waals surface area contributed by atoms with Crippen molar-refractivity contribution in [3.63, 3.8) is 0 Å². The number of pyridine rings is 1. The fourth-order valence-electron chi connectivity index (χ4n) is 1.77. The number of ketones is 1. The molecule has 0 N–H and O–H groups in total. The summed E-state index contributed by atoms with van der Waals surface area (Å²) >= 11 is 0. The molecule has 0 aliphatic carbocycles. The first-order chi connectivity index (χ1) is 7.63. The normalized spacial score (nSPS) is 10.1. The van der Waals surface area contributed by atoms with Gasteiger partial charge < -0.3 is 0 Å². The summed E-state index contributed by atoms with van der Waals surface area (Å²) in [6.07, 6.45) is 1.56. The van der Waals surface area contributed by atoms with Gasteiger partial charge in [-0.3, -0.25) is 9.78 Å². The van der Waals surface area contributed by atoms with E-state index in [0.717, 1.165) is 10.9 Å². The largest absolute Gasteiger partial charge is 0.294 e. The van der Waals surface area contributed by atoms with E-state index in [-0.39, 0.29) is 5.78 Å². The molecule has 0 amide bonds. The van der Waals surface area contributed by atoms with Gasteiger partial charge in [0, 0.05) is 17.1 Å². The summed E-state index contributed by atoms with van der Waals surface area (Å²) in [4.78, 5) is 15.7. The molecule has 2 rings (SSSR count). The Bertz CT molecular complexity index is 624. The number of benzene rings is 1. The minimum Gasteiger partial charge on any atom is -0.294 e. The number of Topliss-reactive ketones (excluding diaryl/α,β-unsaturated/α-hetero) is 1. The number of carbonyl (C=O) groups excluding carboxylic acids is 1. The molecule has 16 heavy (non-hydrogen) atoms. The number of nitrogens with zero attached hydrogens (tertiary/aromatic N) is 2. The summed E-state index contributed by atoms with van der Waals surface area (Å²) in [6.45, 7) is 3.41. The third-order valence-electron chi connectivity index (χ3n) is 2.49. The Labute approximate surface area is 93.3 Å². The van der Waals surface area contributed by atoms with E-state index < -0.39 is 0 Å². The molecular formula is C13H10N2O. The zero-order valence-corrected chi connectivity index (χ0v) is 9.11.